The Morgan fingerprint density at radius 1 is 1.65 bits per heavy atom. The second-order valence-corrected chi connectivity index (χ2v) is 5.15. The Balaban J connectivity index is 2.09. The monoisotopic (exact) mass is 253 g/mol. The van der Waals surface area contributed by atoms with E-state index in [1.54, 1.807) is 11.3 Å². The number of thiazole rings is 1. The van der Waals surface area contributed by atoms with Crippen molar-refractivity contribution in [2.45, 2.75) is 38.8 Å². The van der Waals surface area contributed by atoms with Crippen molar-refractivity contribution >= 4 is 17.2 Å². The van der Waals surface area contributed by atoms with Gasteiger partial charge in [0.2, 0.25) is 5.91 Å². The Hall–Kier alpha value is -0.940. The maximum atomic E-state index is 12.2. The fourth-order valence-electron chi connectivity index (χ4n) is 2.37. The molecule has 17 heavy (non-hydrogen) atoms. The van der Waals surface area contributed by atoms with Crippen LogP contribution in [-0.4, -0.2) is 34.9 Å². The average molecular weight is 253 g/mol. The lowest BCUT2D eigenvalue weighted by atomic mass is 10.2. The highest BCUT2D eigenvalue weighted by molar-refractivity contribution is 7.09. The molecule has 0 bridgehead atoms. The summed E-state index contributed by atoms with van der Waals surface area (Å²) in [4.78, 5) is 18.6. The number of aromatic nitrogens is 1. The molecule has 1 aliphatic heterocycles. The maximum Gasteiger partial charge on any atom is 0.240 e. The molecule has 1 fully saturated rings. The molecule has 1 N–H and O–H groups in total. The first-order valence-corrected chi connectivity index (χ1v) is 7.09. The molecule has 2 heterocycles. The quantitative estimate of drug-likeness (QED) is 0.870. The van der Waals surface area contributed by atoms with E-state index in [9.17, 15) is 4.79 Å². The highest BCUT2D eigenvalue weighted by Gasteiger charge is 2.35. The summed E-state index contributed by atoms with van der Waals surface area (Å²) in [6.45, 7) is 5.83. The Labute approximate surface area is 106 Å². The molecule has 94 valence electrons. The molecule has 0 aliphatic carbocycles. The van der Waals surface area contributed by atoms with Gasteiger partial charge in [-0.05, 0) is 19.4 Å². The van der Waals surface area contributed by atoms with Crippen LogP contribution < -0.4 is 5.32 Å². The van der Waals surface area contributed by atoms with Crippen molar-refractivity contribution in [3.8, 4) is 0 Å². The third kappa shape index (κ3) is 2.50. The first-order valence-electron chi connectivity index (χ1n) is 6.21. The minimum Gasteiger partial charge on any atom is -0.332 e. The summed E-state index contributed by atoms with van der Waals surface area (Å²) in [5.41, 5.74) is 0. The van der Waals surface area contributed by atoms with Crippen LogP contribution in [-0.2, 0) is 4.79 Å². The number of carbonyl (C=O) groups excluding carboxylic acids is 1. The van der Waals surface area contributed by atoms with Gasteiger partial charge in [-0.2, -0.15) is 0 Å². The van der Waals surface area contributed by atoms with E-state index in [0.29, 0.717) is 0 Å². The van der Waals surface area contributed by atoms with Crippen LogP contribution in [0, 0.1) is 0 Å². The van der Waals surface area contributed by atoms with Crippen molar-refractivity contribution in [1.29, 1.82) is 0 Å². The van der Waals surface area contributed by atoms with E-state index in [2.05, 4.69) is 17.2 Å². The van der Waals surface area contributed by atoms with E-state index in [0.717, 1.165) is 30.9 Å². The summed E-state index contributed by atoms with van der Waals surface area (Å²) < 4.78 is 0. The van der Waals surface area contributed by atoms with E-state index < -0.39 is 0 Å². The third-order valence-electron chi connectivity index (χ3n) is 3.19. The molecule has 1 amide bonds. The van der Waals surface area contributed by atoms with E-state index in [-0.39, 0.29) is 18.0 Å². The molecule has 5 heteroatoms. The minimum atomic E-state index is 0.00834. The number of nitrogens with one attached hydrogen (secondary N) is 1. The van der Waals surface area contributed by atoms with Gasteiger partial charge in [-0.15, -0.1) is 11.3 Å². The lowest BCUT2D eigenvalue weighted by Gasteiger charge is -2.25. The first kappa shape index (κ1) is 12.5. The second-order valence-electron chi connectivity index (χ2n) is 4.22. The molecular weight excluding hydrogens is 234 g/mol. The number of rotatable bonds is 5. The van der Waals surface area contributed by atoms with Crippen LogP contribution in [0.4, 0.5) is 0 Å². The van der Waals surface area contributed by atoms with Gasteiger partial charge in [-0.1, -0.05) is 13.8 Å². The maximum absolute atomic E-state index is 12.2. The summed E-state index contributed by atoms with van der Waals surface area (Å²) in [7, 11) is 0. The first-order chi connectivity index (χ1) is 8.27. The predicted octanol–water partition coefficient (Wildman–Crippen LogP) is 1.80. The molecule has 0 radical (unpaired) electrons. The van der Waals surface area contributed by atoms with Crippen molar-refractivity contribution in [2.75, 3.05) is 13.1 Å². The zero-order valence-corrected chi connectivity index (χ0v) is 11.2. The van der Waals surface area contributed by atoms with E-state index >= 15 is 0 Å². The van der Waals surface area contributed by atoms with Gasteiger partial charge >= 0.3 is 0 Å². The van der Waals surface area contributed by atoms with Crippen LogP contribution in [0.5, 0.6) is 0 Å². The van der Waals surface area contributed by atoms with Crippen LogP contribution in [0.15, 0.2) is 11.6 Å². The van der Waals surface area contributed by atoms with Gasteiger partial charge in [0.1, 0.15) is 5.01 Å². The van der Waals surface area contributed by atoms with E-state index in [1.807, 2.05) is 23.4 Å². The van der Waals surface area contributed by atoms with Crippen molar-refractivity contribution < 1.29 is 4.79 Å². The molecule has 1 aliphatic rings. The molecule has 2 atom stereocenters. The number of carbonyl (C=O) groups is 1. The van der Waals surface area contributed by atoms with Gasteiger partial charge in [0.15, 0.2) is 0 Å². The summed E-state index contributed by atoms with van der Waals surface area (Å²) in [6.07, 6.45) is 3.65. The number of likely N-dealkylation sites (tertiary alicyclic amines) is 1. The zero-order chi connectivity index (χ0) is 12.3. The topological polar surface area (TPSA) is 45.2 Å². The zero-order valence-electron chi connectivity index (χ0n) is 10.3. The van der Waals surface area contributed by atoms with Crippen LogP contribution in [0.1, 0.15) is 37.7 Å². The third-order valence-corrected chi connectivity index (χ3v) is 4.07. The molecule has 0 saturated carbocycles. The van der Waals surface area contributed by atoms with Gasteiger partial charge in [0, 0.05) is 18.1 Å². The van der Waals surface area contributed by atoms with Crippen LogP contribution >= 0.6 is 11.3 Å². The molecule has 0 spiro atoms. The summed E-state index contributed by atoms with van der Waals surface area (Å²) in [6, 6.07) is 0.167. The Morgan fingerprint density at radius 2 is 2.47 bits per heavy atom. The Kier molecular flexibility index (Phi) is 4.12. The largest absolute Gasteiger partial charge is 0.332 e. The number of likely N-dealkylation sites (N-methyl/N-ethyl adjacent to an activating group) is 1. The fraction of sp³-hybridized carbons (Fsp3) is 0.667. The Bertz CT molecular complexity index is 366. The van der Waals surface area contributed by atoms with Gasteiger partial charge in [0.05, 0.1) is 12.1 Å². The van der Waals surface area contributed by atoms with Crippen molar-refractivity contribution in [1.82, 2.24) is 15.2 Å². The lowest BCUT2D eigenvalue weighted by Crippen LogP contribution is -2.39. The number of hydrogen-bond donors (Lipinski definition) is 1. The summed E-state index contributed by atoms with van der Waals surface area (Å²) in [5.74, 6) is 0.230. The van der Waals surface area contributed by atoms with Crippen LogP contribution in [0.2, 0.25) is 0 Å². The SMILES string of the molecule is CCNC1CCN(C(CC)c2nccs2)C1=O. The highest BCUT2D eigenvalue weighted by Crippen LogP contribution is 2.29. The standard InChI is InChI=1S/C12H19N3OS/c1-3-10(11-14-6-8-17-11)15-7-5-9(12(15)16)13-4-2/h6,8-10,13H,3-5,7H2,1-2H3. The molecular formula is C12H19N3OS. The lowest BCUT2D eigenvalue weighted by molar-refractivity contribution is -0.131. The van der Waals surface area contributed by atoms with Crippen LogP contribution in [0.25, 0.3) is 0 Å². The molecule has 2 rings (SSSR count). The molecule has 1 aromatic heterocycles. The fourth-order valence-corrected chi connectivity index (χ4v) is 3.21. The van der Waals surface area contributed by atoms with E-state index in [1.165, 1.54) is 0 Å². The normalized spacial score (nSPS) is 22.1. The minimum absolute atomic E-state index is 0.00834. The van der Waals surface area contributed by atoms with Crippen LogP contribution in [0.3, 0.4) is 0 Å². The number of hydrogen-bond acceptors (Lipinski definition) is 4. The Morgan fingerprint density at radius 3 is 3.06 bits per heavy atom. The van der Waals surface area contributed by atoms with Crippen molar-refractivity contribution in [3.05, 3.63) is 16.6 Å². The van der Waals surface area contributed by atoms with E-state index in [4.69, 9.17) is 0 Å². The number of nitrogens with zero attached hydrogens (tertiary/aromatic N) is 2. The van der Waals surface area contributed by atoms with Gasteiger partial charge in [-0.3, -0.25) is 4.79 Å². The molecule has 0 aromatic carbocycles. The second kappa shape index (κ2) is 5.60. The van der Waals surface area contributed by atoms with Gasteiger partial charge in [-0.25, -0.2) is 4.98 Å². The molecule has 1 saturated heterocycles. The highest BCUT2D eigenvalue weighted by atomic mass is 32.1. The number of amides is 1. The average Bonchev–Trinajstić information content (AvgIpc) is 2.95. The van der Waals surface area contributed by atoms with Gasteiger partial charge < -0.3 is 10.2 Å². The molecule has 1 aromatic rings. The predicted molar refractivity (Wildman–Crippen MR) is 68.9 cm³/mol. The molecule has 2 unspecified atom stereocenters. The van der Waals surface area contributed by atoms with Crippen molar-refractivity contribution in [2.24, 2.45) is 0 Å². The van der Waals surface area contributed by atoms with Crippen molar-refractivity contribution in [3.63, 3.8) is 0 Å². The molecule has 4 nitrogen and oxygen atoms in total. The van der Waals surface area contributed by atoms with Gasteiger partial charge in [0.25, 0.3) is 0 Å². The smallest absolute Gasteiger partial charge is 0.240 e. The summed E-state index contributed by atoms with van der Waals surface area (Å²) >= 11 is 1.63. The summed E-state index contributed by atoms with van der Waals surface area (Å²) in [5, 5.41) is 6.27.